The summed E-state index contributed by atoms with van der Waals surface area (Å²) in [7, 11) is 1.41. The van der Waals surface area contributed by atoms with E-state index >= 15 is 0 Å². The number of alkyl halides is 1. The van der Waals surface area contributed by atoms with Crippen molar-refractivity contribution in [2.75, 3.05) is 20.4 Å². The Morgan fingerprint density at radius 2 is 2.11 bits per heavy atom. The first kappa shape index (κ1) is 15.6. The summed E-state index contributed by atoms with van der Waals surface area (Å²) < 4.78 is 22.4. The van der Waals surface area contributed by atoms with Crippen molar-refractivity contribution in [3.05, 3.63) is 22.7 Å². The van der Waals surface area contributed by atoms with Crippen LogP contribution in [0.3, 0.4) is 0 Å². The van der Waals surface area contributed by atoms with Crippen molar-refractivity contribution in [3.8, 4) is 11.5 Å². The minimum Gasteiger partial charge on any atom is -0.493 e. The van der Waals surface area contributed by atoms with Crippen molar-refractivity contribution in [1.29, 1.82) is 0 Å². The van der Waals surface area contributed by atoms with Gasteiger partial charge in [0, 0.05) is 11.1 Å². The fourth-order valence-electron chi connectivity index (χ4n) is 1.58. The molecule has 4 nitrogen and oxygen atoms in total. The Kier molecular flexibility index (Phi) is 6.42. The van der Waals surface area contributed by atoms with Gasteiger partial charge in [0.2, 0.25) is 0 Å². The Hall–Kier alpha value is -1.49. The summed E-state index contributed by atoms with van der Waals surface area (Å²) in [6.45, 7) is -0.0527. The van der Waals surface area contributed by atoms with Gasteiger partial charge >= 0.3 is 5.97 Å². The number of carbonyl (C=O) groups is 1. The van der Waals surface area contributed by atoms with E-state index in [1.165, 1.54) is 19.2 Å². The van der Waals surface area contributed by atoms with Gasteiger partial charge in [-0.05, 0) is 25.3 Å². The molecule has 0 aliphatic rings. The Labute approximate surface area is 116 Å². The van der Waals surface area contributed by atoms with Crippen molar-refractivity contribution in [1.82, 2.24) is 0 Å². The summed E-state index contributed by atoms with van der Waals surface area (Å²) >= 11 is 5.81. The number of carboxylic acid groups (broad SMARTS) is 1. The highest BCUT2D eigenvalue weighted by Crippen LogP contribution is 2.34. The average molecular weight is 291 g/mol. The third-order valence-electron chi connectivity index (χ3n) is 2.49. The highest BCUT2D eigenvalue weighted by molar-refractivity contribution is 6.31. The Morgan fingerprint density at radius 3 is 2.68 bits per heavy atom. The van der Waals surface area contributed by atoms with Crippen molar-refractivity contribution in [2.24, 2.45) is 0 Å². The van der Waals surface area contributed by atoms with Crippen molar-refractivity contribution < 1.29 is 23.8 Å². The molecule has 0 spiro atoms. The molecule has 6 heteroatoms. The lowest BCUT2D eigenvalue weighted by molar-refractivity contribution is 0.0691. The van der Waals surface area contributed by atoms with E-state index in [1.54, 1.807) is 0 Å². The SMILES string of the molecule is COc1cc(Cl)cc(C(=O)O)c1OCCCCCF. The van der Waals surface area contributed by atoms with E-state index < -0.39 is 5.97 Å². The number of carboxylic acids is 1. The number of aromatic carboxylic acids is 1. The number of hydrogen-bond acceptors (Lipinski definition) is 3. The van der Waals surface area contributed by atoms with Crippen molar-refractivity contribution >= 4 is 17.6 Å². The summed E-state index contributed by atoms with van der Waals surface area (Å²) in [5, 5.41) is 9.37. The molecule has 1 aromatic rings. The van der Waals surface area contributed by atoms with Crippen LogP contribution in [-0.2, 0) is 0 Å². The Morgan fingerprint density at radius 1 is 1.37 bits per heavy atom. The van der Waals surface area contributed by atoms with Crippen LogP contribution in [0, 0.1) is 0 Å². The molecule has 0 saturated carbocycles. The summed E-state index contributed by atoms with van der Waals surface area (Å²) in [5.74, 6) is -0.713. The average Bonchev–Trinajstić information content (AvgIpc) is 2.38. The smallest absolute Gasteiger partial charge is 0.339 e. The molecule has 0 atom stereocenters. The fourth-order valence-corrected chi connectivity index (χ4v) is 1.78. The number of halogens is 2. The molecule has 19 heavy (non-hydrogen) atoms. The normalized spacial score (nSPS) is 10.3. The third-order valence-corrected chi connectivity index (χ3v) is 2.71. The van der Waals surface area contributed by atoms with Gasteiger partial charge in [0.15, 0.2) is 11.5 Å². The van der Waals surface area contributed by atoms with Crippen LogP contribution in [0.1, 0.15) is 29.6 Å². The molecule has 1 rings (SSSR count). The number of hydrogen-bond donors (Lipinski definition) is 1. The van der Waals surface area contributed by atoms with E-state index in [0.29, 0.717) is 25.9 Å². The van der Waals surface area contributed by atoms with E-state index in [-0.39, 0.29) is 28.8 Å². The zero-order chi connectivity index (χ0) is 14.3. The zero-order valence-electron chi connectivity index (χ0n) is 10.6. The van der Waals surface area contributed by atoms with Crippen molar-refractivity contribution in [3.63, 3.8) is 0 Å². The van der Waals surface area contributed by atoms with Gasteiger partial charge in [-0.1, -0.05) is 11.6 Å². The van der Waals surface area contributed by atoms with E-state index in [4.69, 9.17) is 26.2 Å². The van der Waals surface area contributed by atoms with Gasteiger partial charge in [-0.15, -0.1) is 0 Å². The molecule has 1 aromatic carbocycles. The summed E-state index contributed by atoms with van der Waals surface area (Å²) in [6, 6.07) is 2.80. The molecule has 0 unspecified atom stereocenters. The molecule has 0 aromatic heterocycles. The van der Waals surface area contributed by atoms with E-state index in [9.17, 15) is 9.18 Å². The van der Waals surface area contributed by atoms with Gasteiger partial charge in [-0.25, -0.2) is 4.79 Å². The van der Waals surface area contributed by atoms with Gasteiger partial charge < -0.3 is 14.6 Å². The molecule has 0 radical (unpaired) electrons. The summed E-state index contributed by atoms with van der Waals surface area (Å²) in [4.78, 5) is 11.1. The number of methoxy groups -OCH3 is 1. The maximum atomic E-state index is 11.9. The second-order valence-corrected chi connectivity index (χ2v) is 4.32. The lowest BCUT2D eigenvalue weighted by Crippen LogP contribution is -2.06. The second-order valence-electron chi connectivity index (χ2n) is 3.89. The van der Waals surface area contributed by atoms with Crippen LogP contribution in [0.15, 0.2) is 12.1 Å². The molecule has 0 heterocycles. The largest absolute Gasteiger partial charge is 0.493 e. The first-order valence-electron chi connectivity index (χ1n) is 5.89. The maximum Gasteiger partial charge on any atom is 0.339 e. The maximum absolute atomic E-state index is 11.9. The number of benzene rings is 1. The van der Waals surface area contributed by atoms with Gasteiger partial charge in [-0.3, -0.25) is 4.39 Å². The van der Waals surface area contributed by atoms with Crippen molar-refractivity contribution in [2.45, 2.75) is 19.3 Å². The Bertz CT molecular complexity index is 437. The quantitative estimate of drug-likeness (QED) is 0.744. The number of unbranched alkanes of at least 4 members (excludes halogenated alkanes) is 2. The van der Waals surface area contributed by atoms with Gasteiger partial charge in [0.1, 0.15) is 5.56 Å². The molecule has 0 bridgehead atoms. The zero-order valence-corrected chi connectivity index (χ0v) is 11.4. The molecule has 1 N–H and O–H groups in total. The standard InChI is InChI=1S/C13H16ClFO4/c1-18-11-8-9(14)7-10(13(16)17)12(11)19-6-4-2-3-5-15/h7-8H,2-6H2,1H3,(H,16,17). The van der Waals surface area contributed by atoms with E-state index in [1.807, 2.05) is 0 Å². The lowest BCUT2D eigenvalue weighted by Gasteiger charge is -2.13. The minimum absolute atomic E-state index is 0.0464. The van der Waals surface area contributed by atoms with E-state index in [0.717, 1.165) is 0 Å². The predicted molar refractivity (Wildman–Crippen MR) is 70.3 cm³/mol. The third kappa shape index (κ3) is 4.59. The van der Waals surface area contributed by atoms with Crippen LogP contribution in [-0.4, -0.2) is 31.5 Å². The van der Waals surface area contributed by atoms with E-state index in [2.05, 4.69) is 0 Å². The topological polar surface area (TPSA) is 55.8 Å². The highest BCUT2D eigenvalue weighted by atomic mass is 35.5. The number of ether oxygens (including phenoxy) is 2. The first-order valence-corrected chi connectivity index (χ1v) is 6.27. The second kappa shape index (κ2) is 7.84. The molecular weight excluding hydrogens is 275 g/mol. The molecular formula is C13H16ClFO4. The minimum atomic E-state index is -1.14. The van der Waals surface area contributed by atoms with Crippen LogP contribution in [0.2, 0.25) is 5.02 Å². The van der Waals surface area contributed by atoms with Crippen LogP contribution >= 0.6 is 11.6 Å². The molecule has 0 aliphatic heterocycles. The molecule has 106 valence electrons. The first-order chi connectivity index (χ1) is 9.10. The highest BCUT2D eigenvalue weighted by Gasteiger charge is 2.18. The van der Waals surface area contributed by atoms with Gasteiger partial charge in [0.25, 0.3) is 0 Å². The van der Waals surface area contributed by atoms with Crippen LogP contribution in [0.4, 0.5) is 4.39 Å². The summed E-state index contributed by atoms with van der Waals surface area (Å²) in [6.07, 6.45) is 1.82. The summed E-state index contributed by atoms with van der Waals surface area (Å²) in [5.41, 5.74) is -0.0464. The van der Waals surface area contributed by atoms with Gasteiger partial charge in [-0.2, -0.15) is 0 Å². The number of rotatable bonds is 8. The monoisotopic (exact) mass is 290 g/mol. The van der Waals surface area contributed by atoms with Crippen LogP contribution in [0.5, 0.6) is 11.5 Å². The van der Waals surface area contributed by atoms with Crippen LogP contribution < -0.4 is 9.47 Å². The molecule has 0 saturated heterocycles. The Balaban J connectivity index is 2.81. The fraction of sp³-hybridized carbons (Fsp3) is 0.462. The predicted octanol–water partition coefficient (Wildman–Crippen LogP) is 3.57. The molecule has 0 amide bonds. The molecule has 0 fully saturated rings. The lowest BCUT2D eigenvalue weighted by atomic mass is 10.2. The van der Waals surface area contributed by atoms with Gasteiger partial charge in [0.05, 0.1) is 20.4 Å². The molecule has 0 aliphatic carbocycles. The van der Waals surface area contributed by atoms with Crippen LogP contribution in [0.25, 0.3) is 0 Å².